The fraction of sp³-hybridized carbons (Fsp3) is 0.933. The van der Waals surface area contributed by atoms with E-state index in [0.717, 1.165) is 31.6 Å². The third kappa shape index (κ3) is 3.54. The average Bonchev–Trinajstić information content (AvgIpc) is 2.26. The van der Waals surface area contributed by atoms with Crippen LogP contribution in [0.4, 0.5) is 0 Å². The molecule has 0 aromatic heterocycles. The van der Waals surface area contributed by atoms with E-state index in [-0.39, 0.29) is 5.54 Å². The molecule has 0 radical (unpaired) electrons. The van der Waals surface area contributed by atoms with Crippen molar-refractivity contribution in [2.45, 2.75) is 64.8 Å². The van der Waals surface area contributed by atoms with E-state index >= 15 is 0 Å². The summed E-state index contributed by atoms with van der Waals surface area (Å²) in [5, 5.41) is 0. The van der Waals surface area contributed by atoms with E-state index in [9.17, 15) is 4.79 Å². The second kappa shape index (κ2) is 5.99. The minimum Gasteiger partial charge on any atom is -0.298 e. The van der Waals surface area contributed by atoms with Crippen molar-refractivity contribution >= 4 is 5.78 Å². The number of nitrogens with zero attached hydrogens (tertiary/aromatic N) is 1. The van der Waals surface area contributed by atoms with Crippen molar-refractivity contribution in [3.8, 4) is 0 Å². The lowest BCUT2D eigenvalue weighted by molar-refractivity contribution is -0.132. The average molecular weight is 239 g/mol. The molecule has 1 saturated carbocycles. The van der Waals surface area contributed by atoms with Gasteiger partial charge in [-0.25, -0.2) is 0 Å². The van der Waals surface area contributed by atoms with Crippen LogP contribution in [-0.4, -0.2) is 30.3 Å². The molecule has 0 heterocycles. The third-order valence-electron chi connectivity index (χ3n) is 4.43. The zero-order valence-electron chi connectivity index (χ0n) is 12.3. The molecular formula is C15H29NO. The molecule has 0 spiro atoms. The fourth-order valence-corrected chi connectivity index (χ4v) is 2.87. The summed E-state index contributed by atoms with van der Waals surface area (Å²) in [6.45, 7) is 6.69. The molecular weight excluding hydrogens is 210 g/mol. The van der Waals surface area contributed by atoms with Gasteiger partial charge in [-0.15, -0.1) is 0 Å². The summed E-state index contributed by atoms with van der Waals surface area (Å²) in [5.41, 5.74) is -0.151. The van der Waals surface area contributed by atoms with Gasteiger partial charge in [0.2, 0.25) is 0 Å². The Kier molecular flexibility index (Phi) is 5.18. The van der Waals surface area contributed by atoms with E-state index < -0.39 is 0 Å². The predicted molar refractivity (Wildman–Crippen MR) is 73.1 cm³/mol. The first kappa shape index (κ1) is 14.7. The summed E-state index contributed by atoms with van der Waals surface area (Å²) < 4.78 is 0. The van der Waals surface area contributed by atoms with Crippen LogP contribution in [-0.2, 0) is 4.79 Å². The maximum atomic E-state index is 12.5. The van der Waals surface area contributed by atoms with Crippen molar-refractivity contribution in [1.82, 2.24) is 4.90 Å². The number of carbonyl (C=O) groups excluding carboxylic acids is 1. The highest BCUT2D eigenvalue weighted by Crippen LogP contribution is 2.37. The lowest BCUT2D eigenvalue weighted by Gasteiger charge is -2.43. The minimum absolute atomic E-state index is 0.151. The van der Waals surface area contributed by atoms with E-state index in [4.69, 9.17) is 0 Å². The van der Waals surface area contributed by atoms with Crippen molar-refractivity contribution in [3.05, 3.63) is 0 Å². The molecule has 0 saturated heterocycles. The highest BCUT2D eigenvalue weighted by Gasteiger charge is 2.41. The van der Waals surface area contributed by atoms with Crippen molar-refractivity contribution in [2.24, 2.45) is 11.8 Å². The van der Waals surface area contributed by atoms with E-state index in [0.29, 0.717) is 11.7 Å². The van der Waals surface area contributed by atoms with Crippen molar-refractivity contribution in [3.63, 3.8) is 0 Å². The van der Waals surface area contributed by atoms with Crippen LogP contribution in [0.1, 0.15) is 59.3 Å². The number of rotatable bonds is 5. The van der Waals surface area contributed by atoms with Crippen molar-refractivity contribution in [1.29, 1.82) is 0 Å². The van der Waals surface area contributed by atoms with Crippen molar-refractivity contribution < 1.29 is 4.79 Å². The SMILES string of the molecule is CC(C)CCC(=O)C1(N(C)C)CCC(C)CC1. The Morgan fingerprint density at radius 1 is 1.29 bits per heavy atom. The molecule has 1 aliphatic rings. The smallest absolute Gasteiger partial charge is 0.153 e. The van der Waals surface area contributed by atoms with Gasteiger partial charge >= 0.3 is 0 Å². The molecule has 17 heavy (non-hydrogen) atoms. The molecule has 2 heteroatoms. The Labute approximate surface area is 107 Å². The Bertz CT molecular complexity index is 250. The molecule has 0 bridgehead atoms. The predicted octanol–water partition coefficient (Wildman–Crippen LogP) is 3.50. The number of carbonyl (C=O) groups is 1. The lowest BCUT2D eigenvalue weighted by atomic mass is 9.72. The Morgan fingerprint density at radius 3 is 2.24 bits per heavy atom. The Balaban J connectivity index is 2.68. The first-order chi connectivity index (χ1) is 7.88. The second-order valence-electron chi connectivity index (χ2n) is 6.46. The number of hydrogen-bond donors (Lipinski definition) is 0. The monoisotopic (exact) mass is 239 g/mol. The van der Waals surface area contributed by atoms with Crippen molar-refractivity contribution in [2.75, 3.05) is 14.1 Å². The van der Waals surface area contributed by atoms with E-state index in [1.54, 1.807) is 0 Å². The molecule has 0 aromatic rings. The van der Waals surface area contributed by atoms with Gasteiger partial charge in [0.05, 0.1) is 5.54 Å². The van der Waals surface area contributed by atoms with Gasteiger partial charge in [-0.1, -0.05) is 20.8 Å². The molecule has 2 nitrogen and oxygen atoms in total. The maximum Gasteiger partial charge on any atom is 0.153 e. The van der Waals surface area contributed by atoms with E-state index in [2.05, 4.69) is 39.8 Å². The van der Waals surface area contributed by atoms with Crippen LogP contribution >= 0.6 is 0 Å². The molecule has 0 unspecified atom stereocenters. The summed E-state index contributed by atoms with van der Waals surface area (Å²) in [5.74, 6) is 1.89. The molecule has 0 N–H and O–H groups in total. The molecule has 100 valence electrons. The zero-order valence-corrected chi connectivity index (χ0v) is 12.3. The summed E-state index contributed by atoms with van der Waals surface area (Å²) in [6, 6.07) is 0. The topological polar surface area (TPSA) is 20.3 Å². The number of Topliss-reactive ketones (excluding diaryl/α,β-unsaturated/α-hetero) is 1. The molecule has 1 fully saturated rings. The first-order valence-corrected chi connectivity index (χ1v) is 7.09. The quantitative estimate of drug-likeness (QED) is 0.732. The minimum atomic E-state index is -0.151. The van der Waals surface area contributed by atoms with Gasteiger partial charge in [0.1, 0.15) is 0 Å². The fourth-order valence-electron chi connectivity index (χ4n) is 2.87. The summed E-state index contributed by atoms with van der Waals surface area (Å²) >= 11 is 0. The summed E-state index contributed by atoms with van der Waals surface area (Å²) in [6.07, 6.45) is 6.29. The van der Waals surface area contributed by atoms with Gasteiger partial charge in [0, 0.05) is 6.42 Å². The number of hydrogen-bond acceptors (Lipinski definition) is 2. The Morgan fingerprint density at radius 2 is 1.82 bits per heavy atom. The van der Waals surface area contributed by atoms with Crippen LogP contribution < -0.4 is 0 Å². The van der Waals surface area contributed by atoms with Gasteiger partial charge in [0.25, 0.3) is 0 Å². The van der Waals surface area contributed by atoms with Gasteiger partial charge in [-0.3, -0.25) is 9.69 Å². The van der Waals surface area contributed by atoms with Gasteiger partial charge in [0.15, 0.2) is 5.78 Å². The maximum absolute atomic E-state index is 12.5. The summed E-state index contributed by atoms with van der Waals surface area (Å²) in [7, 11) is 4.15. The van der Waals surface area contributed by atoms with Crippen LogP contribution in [0.3, 0.4) is 0 Å². The molecule has 0 aliphatic heterocycles. The highest BCUT2D eigenvalue weighted by molar-refractivity contribution is 5.88. The Hall–Kier alpha value is -0.370. The van der Waals surface area contributed by atoms with E-state index in [1.165, 1.54) is 12.8 Å². The normalized spacial score (nSPS) is 29.9. The standard InChI is InChI=1S/C15H29NO/c1-12(2)6-7-14(17)15(16(4)5)10-8-13(3)9-11-15/h12-13H,6-11H2,1-5H3. The largest absolute Gasteiger partial charge is 0.298 e. The third-order valence-corrected chi connectivity index (χ3v) is 4.43. The van der Waals surface area contributed by atoms with Crippen LogP contribution in [0.2, 0.25) is 0 Å². The van der Waals surface area contributed by atoms with E-state index in [1.807, 2.05) is 0 Å². The number of likely N-dealkylation sites (N-methyl/N-ethyl adjacent to an activating group) is 1. The van der Waals surface area contributed by atoms with Crippen LogP contribution in [0, 0.1) is 11.8 Å². The number of ketones is 1. The molecule has 0 atom stereocenters. The van der Waals surface area contributed by atoms with Crippen LogP contribution in [0.5, 0.6) is 0 Å². The molecule has 0 aromatic carbocycles. The molecule has 1 rings (SSSR count). The van der Waals surface area contributed by atoms with Gasteiger partial charge < -0.3 is 0 Å². The highest BCUT2D eigenvalue weighted by atomic mass is 16.1. The molecule has 0 amide bonds. The first-order valence-electron chi connectivity index (χ1n) is 7.09. The van der Waals surface area contributed by atoms with Gasteiger partial charge in [-0.2, -0.15) is 0 Å². The lowest BCUT2D eigenvalue weighted by Crippen LogP contribution is -2.53. The second-order valence-corrected chi connectivity index (χ2v) is 6.46. The molecule has 1 aliphatic carbocycles. The van der Waals surface area contributed by atoms with Gasteiger partial charge in [-0.05, 0) is 58.0 Å². The van der Waals surface area contributed by atoms with Crippen LogP contribution in [0.15, 0.2) is 0 Å². The summed E-state index contributed by atoms with van der Waals surface area (Å²) in [4.78, 5) is 14.7. The zero-order chi connectivity index (χ0) is 13.1. The van der Waals surface area contributed by atoms with Crippen LogP contribution in [0.25, 0.3) is 0 Å².